The van der Waals surface area contributed by atoms with Crippen LogP contribution < -0.4 is 5.32 Å². The van der Waals surface area contributed by atoms with Crippen molar-refractivity contribution in [2.45, 2.75) is 27.2 Å². The van der Waals surface area contributed by atoms with Gasteiger partial charge in [-0.1, -0.05) is 78.1 Å². The second-order valence-corrected chi connectivity index (χ2v) is 11.0. The average molecular weight is 558 g/mol. The number of Topliss-reactive ketones (excluding diaryl/α,β-unsaturated/α-hetero) is 1. The van der Waals surface area contributed by atoms with Gasteiger partial charge in [-0.25, -0.2) is 4.98 Å². The number of rotatable bonds is 3. The van der Waals surface area contributed by atoms with Crippen LogP contribution in [0.2, 0.25) is 10.0 Å². The predicted octanol–water partition coefficient (Wildman–Crippen LogP) is 7.95. The molecule has 0 atom stereocenters. The molecule has 0 radical (unpaired) electrons. The van der Waals surface area contributed by atoms with Crippen LogP contribution in [-0.2, 0) is 11.2 Å². The highest BCUT2D eigenvalue weighted by Gasteiger charge is 2.36. The number of furan rings is 1. The van der Waals surface area contributed by atoms with Gasteiger partial charge in [-0.05, 0) is 35.4 Å². The van der Waals surface area contributed by atoms with Crippen LogP contribution >= 0.6 is 39.1 Å². The minimum atomic E-state index is -0.705. The lowest BCUT2D eigenvalue weighted by Gasteiger charge is -2.21. The molecule has 2 aromatic carbocycles. The van der Waals surface area contributed by atoms with Crippen molar-refractivity contribution in [3.63, 3.8) is 0 Å². The summed E-state index contributed by atoms with van der Waals surface area (Å²) in [6, 6.07) is 12.9. The number of hydrogen-bond donors (Lipinski definition) is 1. The summed E-state index contributed by atoms with van der Waals surface area (Å²) in [5.41, 5.74) is 3.50. The Hall–Kier alpha value is -2.67. The molecule has 2 aromatic heterocycles. The molecule has 3 heterocycles. The zero-order valence-corrected chi connectivity index (χ0v) is 21.7. The molecule has 0 bridgehead atoms. The molecule has 1 amide bonds. The van der Waals surface area contributed by atoms with Crippen molar-refractivity contribution < 1.29 is 14.0 Å². The molecule has 0 aliphatic carbocycles. The van der Waals surface area contributed by atoms with Crippen LogP contribution in [0.4, 0.5) is 5.69 Å². The fraction of sp³-hybridized carbons (Fsp3) is 0.192. The SMILES string of the molecule is CC(C)(C)C(=O)c1oc2nc(-c3ccc(Br)cc3Cl)c(-c3ccc(Cl)cc3)c3c2c1NC(=O)C3. The Morgan fingerprint density at radius 2 is 1.82 bits per heavy atom. The number of nitrogens with zero attached hydrogens (tertiary/aromatic N) is 1. The molecule has 1 aliphatic heterocycles. The molecule has 0 saturated heterocycles. The average Bonchev–Trinajstić information content (AvgIpc) is 3.12. The molecule has 5 nitrogen and oxygen atoms in total. The number of aromatic nitrogens is 1. The van der Waals surface area contributed by atoms with Crippen molar-refractivity contribution in [2.24, 2.45) is 5.41 Å². The summed E-state index contributed by atoms with van der Waals surface area (Å²) in [7, 11) is 0. The Labute approximate surface area is 214 Å². The standard InChI is InChI=1S/C26H19BrCl2N2O3/c1-26(2,3)24(33)23-22-20-16(11-18(32)30-22)19(12-4-7-14(28)8-5-12)21(31-25(20)34-23)15-9-6-13(27)10-17(15)29/h4-10H,11H2,1-3H3,(H,30,32). The molecular formula is C26H19BrCl2N2O3. The molecule has 1 N–H and O–H groups in total. The first-order chi connectivity index (χ1) is 16.0. The van der Waals surface area contributed by atoms with E-state index in [0.717, 1.165) is 21.2 Å². The maximum Gasteiger partial charge on any atom is 0.229 e. The highest BCUT2D eigenvalue weighted by Crippen LogP contribution is 2.46. The van der Waals surface area contributed by atoms with E-state index in [1.54, 1.807) is 39.0 Å². The Kier molecular flexibility index (Phi) is 5.58. The zero-order chi connectivity index (χ0) is 24.4. The zero-order valence-electron chi connectivity index (χ0n) is 18.6. The number of hydrogen-bond acceptors (Lipinski definition) is 4. The van der Waals surface area contributed by atoms with Gasteiger partial charge in [-0.15, -0.1) is 0 Å². The van der Waals surface area contributed by atoms with Crippen LogP contribution in [0.1, 0.15) is 36.9 Å². The lowest BCUT2D eigenvalue weighted by molar-refractivity contribution is -0.115. The second-order valence-electron chi connectivity index (χ2n) is 9.24. The maximum absolute atomic E-state index is 13.2. The number of ketones is 1. The summed E-state index contributed by atoms with van der Waals surface area (Å²) < 4.78 is 6.86. The fourth-order valence-electron chi connectivity index (χ4n) is 4.15. The smallest absolute Gasteiger partial charge is 0.229 e. The third kappa shape index (κ3) is 3.84. The Bertz CT molecular complexity index is 1500. The van der Waals surface area contributed by atoms with Gasteiger partial charge in [0, 0.05) is 26.0 Å². The highest BCUT2D eigenvalue weighted by atomic mass is 79.9. The molecule has 34 heavy (non-hydrogen) atoms. The molecule has 8 heteroatoms. The van der Waals surface area contributed by atoms with Gasteiger partial charge in [0.1, 0.15) is 5.69 Å². The Morgan fingerprint density at radius 3 is 2.47 bits per heavy atom. The number of amides is 1. The molecule has 4 aromatic rings. The topological polar surface area (TPSA) is 72.2 Å². The van der Waals surface area contributed by atoms with Gasteiger partial charge >= 0.3 is 0 Å². The van der Waals surface area contributed by atoms with Gasteiger partial charge in [0.2, 0.25) is 17.4 Å². The van der Waals surface area contributed by atoms with Crippen molar-refractivity contribution in [3.05, 3.63) is 68.3 Å². The summed E-state index contributed by atoms with van der Waals surface area (Å²) >= 11 is 16.2. The number of carbonyl (C=O) groups is 2. The van der Waals surface area contributed by atoms with Gasteiger partial charge < -0.3 is 9.73 Å². The number of halogens is 3. The van der Waals surface area contributed by atoms with E-state index in [2.05, 4.69) is 21.2 Å². The summed E-state index contributed by atoms with van der Waals surface area (Å²) in [5.74, 6) is -0.345. The van der Waals surface area contributed by atoms with E-state index < -0.39 is 5.41 Å². The van der Waals surface area contributed by atoms with E-state index in [1.807, 2.05) is 24.3 Å². The minimum absolute atomic E-state index is 0.102. The van der Waals surface area contributed by atoms with E-state index in [4.69, 9.17) is 32.6 Å². The number of benzene rings is 2. The third-order valence-corrected chi connectivity index (χ3v) is 6.81. The van der Waals surface area contributed by atoms with Crippen molar-refractivity contribution >= 4 is 67.6 Å². The van der Waals surface area contributed by atoms with E-state index in [-0.39, 0.29) is 29.6 Å². The quantitative estimate of drug-likeness (QED) is 0.259. The minimum Gasteiger partial charge on any atom is -0.432 e. The van der Waals surface area contributed by atoms with Crippen LogP contribution in [-0.4, -0.2) is 16.7 Å². The van der Waals surface area contributed by atoms with Crippen LogP contribution in [0.3, 0.4) is 0 Å². The summed E-state index contributed by atoms with van der Waals surface area (Å²) in [6.45, 7) is 5.42. The van der Waals surface area contributed by atoms with Gasteiger partial charge in [0.05, 0.1) is 22.5 Å². The van der Waals surface area contributed by atoms with Gasteiger partial charge in [-0.2, -0.15) is 0 Å². The Balaban J connectivity index is 1.91. The number of anilines is 1. The molecule has 172 valence electrons. The maximum atomic E-state index is 13.2. The first-order valence-electron chi connectivity index (χ1n) is 10.6. The summed E-state index contributed by atoms with van der Waals surface area (Å²) in [6.07, 6.45) is 0.105. The molecule has 0 saturated carbocycles. The van der Waals surface area contributed by atoms with Crippen LogP contribution in [0.5, 0.6) is 0 Å². The first kappa shape index (κ1) is 23.1. The van der Waals surface area contributed by atoms with Crippen LogP contribution in [0.15, 0.2) is 51.4 Å². The van der Waals surface area contributed by atoms with Crippen molar-refractivity contribution in [2.75, 3.05) is 5.32 Å². The number of nitrogens with one attached hydrogen (secondary N) is 1. The largest absolute Gasteiger partial charge is 0.432 e. The second kappa shape index (κ2) is 8.22. The highest BCUT2D eigenvalue weighted by molar-refractivity contribution is 9.10. The lowest BCUT2D eigenvalue weighted by atomic mass is 9.86. The van der Waals surface area contributed by atoms with E-state index in [0.29, 0.717) is 32.4 Å². The molecular weight excluding hydrogens is 539 g/mol. The molecule has 0 unspecified atom stereocenters. The molecule has 5 rings (SSSR count). The summed E-state index contributed by atoms with van der Waals surface area (Å²) in [5, 5.41) is 4.56. The van der Waals surface area contributed by atoms with Crippen molar-refractivity contribution in [3.8, 4) is 22.4 Å². The van der Waals surface area contributed by atoms with E-state index in [1.165, 1.54) is 0 Å². The van der Waals surface area contributed by atoms with Crippen molar-refractivity contribution in [1.82, 2.24) is 4.98 Å². The molecule has 1 aliphatic rings. The van der Waals surface area contributed by atoms with Gasteiger partial charge in [0.15, 0.2) is 5.76 Å². The lowest BCUT2D eigenvalue weighted by Crippen LogP contribution is -2.24. The molecule has 0 spiro atoms. The van der Waals surface area contributed by atoms with E-state index in [9.17, 15) is 9.59 Å². The first-order valence-corrected chi connectivity index (χ1v) is 12.1. The number of carbonyl (C=O) groups excluding carboxylic acids is 2. The van der Waals surface area contributed by atoms with E-state index >= 15 is 0 Å². The molecule has 0 fully saturated rings. The normalized spacial score (nSPS) is 13.3. The van der Waals surface area contributed by atoms with Crippen LogP contribution in [0, 0.1) is 5.41 Å². The van der Waals surface area contributed by atoms with Crippen LogP contribution in [0.25, 0.3) is 33.5 Å². The van der Waals surface area contributed by atoms with Crippen molar-refractivity contribution in [1.29, 1.82) is 0 Å². The number of pyridine rings is 1. The van der Waals surface area contributed by atoms with Gasteiger partial charge in [0.25, 0.3) is 0 Å². The summed E-state index contributed by atoms with van der Waals surface area (Å²) in [4.78, 5) is 30.9. The third-order valence-electron chi connectivity index (χ3n) is 5.75. The predicted molar refractivity (Wildman–Crippen MR) is 139 cm³/mol. The van der Waals surface area contributed by atoms with Gasteiger partial charge in [-0.3, -0.25) is 9.59 Å². The fourth-order valence-corrected chi connectivity index (χ4v) is 5.04. The monoisotopic (exact) mass is 556 g/mol. The Morgan fingerprint density at radius 1 is 1.12 bits per heavy atom.